The summed E-state index contributed by atoms with van der Waals surface area (Å²) in [6.45, 7) is 0. The van der Waals surface area contributed by atoms with E-state index in [1.165, 1.54) is 45.7 Å². The van der Waals surface area contributed by atoms with Crippen LogP contribution in [-0.4, -0.2) is 40.9 Å². The highest BCUT2D eigenvalue weighted by atomic mass is 32.2. The van der Waals surface area contributed by atoms with Crippen molar-refractivity contribution in [3.63, 3.8) is 0 Å². The van der Waals surface area contributed by atoms with E-state index in [4.69, 9.17) is 14.2 Å². The zero-order valence-electron chi connectivity index (χ0n) is 18.5. The van der Waals surface area contributed by atoms with Crippen LogP contribution >= 0.6 is 0 Å². The molecule has 0 amide bonds. The molecule has 0 saturated carbocycles. The van der Waals surface area contributed by atoms with Crippen molar-refractivity contribution in [1.82, 2.24) is 0 Å². The Morgan fingerprint density at radius 1 is 0.912 bits per heavy atom. The summed E-state index contributed by atoms with van der Waals surface area (Å²) in [6, 6.07) is 14.9. The van der Waals surface area contributed by atoms with Crippen molar-refractivity contribution in [2.75, 3.05) is 31.5 Å². The first kappa shape index (κ1) is 24.3. The minimum absolute atomic E-state index is 0.0270. The second kappa shape index (κ2) is 10.5. The molecule has 0 spiro atoms. The van der Waals surface area contributed by atoms with Crippen LogP contribution in [0.5, 0.6) is 17.2 Å². The zero-order valence-corrected chi connectivity index (χ0v) is 19.3. The number of hydrazone groups is 1. The van der Waals surface area contributed by atoms with Gasteiger partial charge in [0.05, 0.1) is 43.8 Å². The first-order chi connectivity index (χ1) is 16.3. The third kappa shape index (κ3) is 5.72. The van der Waals surface area contributed by atoms with E-state index in [1.54, 1.807) is 36.4 Å². The molecular weight excluding hydrogens is 464 g/mol. The lowest BCUT2D eigenvalue weighted by Gasteiger charge is -2.14. The Balaban J connectivity index is 1.96. The predicted octanol–water partition coefficient (Wildman–Crippen LogP) is 3.87. The van der Waals surface area contributed by atoms with E-state index < -0.39 is 20.6 Å². The SMILES string of the molecule is COc1cc(/C=N/Nc2ccc([N+](=O)[O-])cc2S(=O)(=O)Nc2ccccc2OC)cc(OC)c1. The van der Waals surface area contributed by atoms with Gasteiger partial charge in [0.2, 0.25) is 0 Å². The molecule has 0 aliphatic heterocycles. The number of para-hydroxylation sites is 2. The van der Waals surface area contributed by atoms with Crippen molar-refractivity contribution >= 4 is 33.3 Å². The van der Waals surface area contributed by atoms with Crippen LogP contribution in [0.4, 0.5) is 17.1 Å². The fourth-order valence-corrected chi connectivity index (χ4v) is 4.20. The Bertz CT molecular complexity index is 1300. The molecule has 0 unspecified atom stereocenters. The molecule has 34 heavy (non-hydrogen) atoms. The van der Waals surface area contributed by atoms with Crippen molar-refractivity contribution < 1.29 is 27.6 Å². The van der Waals surface area contributed by atoms with Gasteiger partial charge in [-0.05, 0) is 30.3 Å². The fraction of sp³-hybridized carbons (Fsp3) is 0.136. The van der Waals surface area contributed by atoms with Gasteiger partial charge in [-0.3, -0.25) is 20.3 Å². The van der Waals surface area contributed by atoms with Gasteiger partial charge in [0.25, 0.3) is 15.7 Å². The highest BCUT2D eigenvalue weighted by molar-refractivity contribution is 7.93. The molecule has 0 saturated heterocycles. The van der Waals surface area contributed by atoms with Crippen LogP contribution in [-0.2, 0) is 10.0 Å². The summed E-state index contributed by atoms with van der Waals surface area (Å²) in [4.78, 5) is 10.2. The van der Waals surface area contributed by atoms with Gasteiger partial charge in [-0.15, -0.1) is 0 Å². The monoisotopic (exact) mass is 486 g/mol. The van der Waals surface area contributed by atoms with E-state index in [0.717, 1.165) is 6.07 Å². The number of nitro benzene ring substituents is 1. The van der Waals surface area contributed by atoms with Gasteiger partial charge < -0.3 is 14.2 Å². The minimum atomic E-state index is -4.26. The summed E-state index contributed by atoms with van der Waals surface area (Å²) in [5, 5.41) is 15.3. The van der Waals surface area contributed by atoms with Crippen molar-refractivity contribution in [2.24, 2.45) is 5.10 Å². The molecule has 178 valence electrons. The van der Waals surface area contributed by atoms with Crippen LogP contribution in [0.1, 0.15) is 5.56 Å². The number of sulfonamides is 1. The maximum absolute atomic E-state index is 13.2. The Morgan fingerprint density at radius 3 is 2.21 bits per heavy atom. The maximum Gasteiger partial charge on any atom is 0.270 e. The summed E-state index contributed by atoms with van der Waals surface area (Å²) in [5.74, 6) is 1.37. The first-order valence-corrected chi connectivity index (χ1v) is 11.2. The molecule has 0 fully saturated rings. The van der Waals surface area contributed by atoms with Crippen molar-refractivity contribution in [2.45, 2.75) is 4.90 Å². The fourth-order valence-electron chi connectivity index (χ4n) is 2.95. The number of ether oxygens (including phenoxy) is 3. The molecule has 0 aliphatic carbocycles. The second-order valence-electron chi connectivity index (χ2n) is 6.76. The normalized spacial score (nSPS) is 11.1. The van der Waals surface area contributed by atoms with Gasteiger partial charge in [0.15, 0.2) is 0 Å². The van der Waals surface area contributed by atoms with Crippen LogP contribution in [0, 0.1) is 10.1 Å². The standard InChI is InChI=1S/C22H22N4O7S/c1-31-17-10-15(11-18(13-17)32-2)14-23-24-20-9-8-16(26(27)28)12-22(20)34(29,30)25-19-6-4-5-7-21(19)33-3/h4-14,24-25H,1-3H3/b23-14+. The lowest BCUT2D eigenvalue weighted by molar-refractivity contribution is -0.385. The molecule has 0 heterocycles. The summed E-state index contributed by atoms with van der Waals surface area (Å²) in [5.41, 5.74) is 3.06. The number of non-ortho nitro benzene ring substituents is 1. The molecule has 0 aromatic heterocycles. The number of anilines is 2. The summed E-state index contributed by atoms with van der Waals surface area (Å²) < 4.78 is 44.3. The molecular formula is C22H22N4O7S. The Labute approximate surface area is 196 Å². The van der Waals surface area contributed by atoms with Gasteiger partial charge in [-0.2, -0.15) is 5.10 Å². The van der Waals surface area contributed by atoms with Crippen LogP contribution in [0.15, 0.2) is 70.7 Å². The zero-order chi connectivity index (χ0) is 24.7. The number of hydrogen-bond acceptors (Lipinski definition) is 9. The molecule has 3 rings (SSSR count). The quantitative estimate of drug-likeness (QED) is 0.250. The number of benzene rings is 3. The van der Waals surface area contributed by atoms with E-state index in [0.29, 0.717) is 17.1 Å². The molecule has 11 nitrogen and oxygen atoms in total. The molecule has 0 atom stereocenters. The van der Waals surface area contributed by atoms with E-state index in [2.05, 4.69) is 15.2 Å². The highest BCUT2D eigenvalue weighted by Crippen LogP contribution is 2.31. The molecule has 3 aromatic carbocycles. The summed E-state index contributed by atoms with van der Waals surface area (Å²) in [7, 11) is 0.160. The Morgan fingerprint density at radius 2 is 1.59 bits per heavy atom. The van der Waals surface area contributed by atoms with Crippen molar-refractivity contribution in [3.05, 3.63) is 76.3 Å². The minimum Gasteiger partial charge on any atom is -0.497 e. The topological polar surface area (TPSA) is 141 Å². The molecule has 12 heteroatoms. The van der Waals surface area contributed by atoms with E-state index in [1.807, 2.05) is 0 Å². The summed E-state index contributed by atoms with van der Waals surface area (Å²) >= 11 is 0. The van der Waals surface area contributed by atoms with Crippen LogP contribution in [0.3, 0.4) is 0 Å². The molecule has 0 radical (unpaired) electrons. The van der Waals surface area contributed by atoms with Gasteiger partial charge in [0, 0.05) is 23.8 Å². The second-order valence-corrected chi connectivity index (χ2v) is 8.41. The number of nitrogens with one attached hydrogen (secondary N) is 2. The average molecular weight is 487 g/mol. The van der Waals surface area contributed by atoms with Gasteiger partial charge >= 0.3 is 0 Å². The van der Waals surface area contributed by atoms with E-state index in [-0.39, 0.29) is 22.0 Å². The first-order valence-electron chi connectivity index (χ1n) is 9.74. The van der Waals surface area contributed by atoms with E-state index >= 15 is 0 Å². The third-order valence-electron chi connectivity index (χ3n) is 4.59. The number of hydrogen-bond donors (Lipinski definition) is 2. The molecule has 3 aromatic rings. The summed E-state index contributed by atoms with van der Waals surface area (Å²) in [6.07, 6.45) is 1.43. The third-order valence-corrected chi connectivity index (χ3v) is 5.99. The van der Waals surface area contributed by atoms with Crippen molar-refractivity contribution in [1.29, 1.82) is 0 Å². The Kier molecular flexibility index (Phi) is 7.53. The number of nitrogens with zero attached hydrogens (tertiary/aromatic N) is 2. The number of nitro groups is 1. The highest BCUT2D eigenvalue weighted by Gasteiger charge is 2.23. The Hall–Kier alpha value is -4.32. The van der Waals surface area contributed by atoms with Crippen molar-refractivity contribution in [3.8, 4) is 17.2 Å². The van der Waals surface area contributed by atoms with Gasteiger partial charge in [0.1, 0.15) is 22.1 Å². The molecule has 0 bridgehead atoms. The smallest absolute Gasteiger partial charge is 0.270 e. The molecule has 2 N–H and O–H groups in total. The van der Waals surface area contributed by atoms with Crippen LogP contribution < -0.4 is 24.4 Å². The van der Waals surface area contributed by atoms with Crippen LogP contribution in [0.25, 0.3) is 0 Å². The van der Waals surface area contributed by atoms with Gasteiger partial charge in [-0.25, -0.2) is 8.42 Å². The molecule has 0 aliphatic rings. The van der Waals surface area contributed by atoms with Gasteiger partial charge in [-0.1, -0.05) is 12.1 Å². The van der Waals surface area contributed by atoms with Crippen LogP contribution in [0.2, 0.25) is 0 Å². The van der Waals surface area contributed by atoms with E-state index in [9.17, 15) is 18.5 Å². The average Bonchev–Trinajstić information content (AvgIpc) is 2.83. The number of methoxy groups -OCH3 is 3. The largest absolute Gasteiger partial charge is 0.497 e. The predicted molar refractivity (Wildman–Crippen MR) is 128 cm³/mol. The number of rotatable bonds is 10. The maximum atomic E-state index is 13.2. The lowest BCUT2D eigenvalue weighted by Crippen LogP contribution is -2.15. The lowest BCUT2D eigenvalue weighted by atomic mass is 10.2.